The Morgan fingerprint density at radius 3 is 2.00 bits per heavy atom. The first-order valence-corrected chi connectivity index (χ1v) is 10.1. The molecule has 1 heterocycles. The van der Waals surface area contributed by atoms with Crippen molar-refractivity contribution in [3.8, 4) is 0 Å². The van der Waals surface area contributed by atoms with Gasteiger partial charge in [0.1, 0.15) is 5.70 Å². The van der Waals surface area contributed by atoms with Gasteiger partial charge < -0.3 is 5.32 Å². The van der Waals surface area contributed by atoms with E-state index in [1.54, 1.807) is 0 Å². The third-order valence-electron chi connectivity index (χ3n) is 4.42. The van der Waals surface area contributed by atoms with Crippen LogP contribution in [-0.2, 0) is 4.79 Å². The zero-order valence-corrected chi connectivity index (χ0v) is 17.4. The van der Waals surface area contributed by atoms with E-state index >= 15 is 0 Å². The number of benzene rings is 3. The van der Waals surface area contributed by atoms with Gasteiger partial charge in [0, 0.05) is 20.3 Å². The monoisotopic (exact) mass is 482 g/mol. The van der Waals surface area contributed by atoms with Crippen molar-refractivity contribution >= 4 is 49.1 Å². The van der Waals surface area contributed by atoms with Gasteiger partial charge in [0.25, 0.3) is 5.91 Å². The largest absolute Gasteiger partial charge is 0.351 e. The number of amides is 1. The second-order valence-corrected chi connectivity index (χ2v) is 8.05. The van der Waals surface area contributed by atoms with Gasteiger partial charge in [-0.2, -0.15) is 0 Å². The second kappa shape index (κ2) is 7.71. The van der Waals surface area contributed by atoms with E-state index < -0.39 is 0 Å². The average Bonchev–Trinajstić information content (AvgIpc) is 3.01. The molecule has 3 nitrogen and oxygen atoms in total. The summed E-state index contributed by atoms with van der Waals surface area (Å²) >= 11 is 6.89. The molecule has 0 saturated heterocycles. The molecule has 4 rings (SSSR count). The van der Waals surface area contributed by atoms with Gasteiger partial charge in [-0.1, -0.05) is 62.2 Å². The summed E-state index contributed by atoms with van der Waals surface area (Å²) in [6.07, 6.45) is 1.99. The Hall–Kier alpha value is -2.37. The number of carbonyl (C=O) groups excluding carboxylic acids is 1. The van der Waals surface area contributed by atoms with Crippen molar-refractivity contribution in [1.82, 2.24) is 0 Å². The van der Waals surface area contributed by atoms with Gasteiger partial charge in [-0.15, -0.1) is 0 Å². The van der Waals surface area contributed by atoms with E-state index in [0.717, 1.165) is 25.9 Å². The van der Waals surface area contributed by atoms with Crippen molar-refractivity contribution in [3.05, 3.63) is 105 Å². The zero-order chi connectivity index (χ0) is 18.8. The second-order valence-electron chi connectivity index (χ2n) is 6.22. The molecule has 0 saturated carbocycles. The normalized spacial score (nSPS) is 16.4. The van der Waals surface area contributed by atoms with Crippen molar-refractivity contribution < 1.29 is 4.79 Å². The molecule has 0 radical (unpaired) electrons. The van der Waals surface area contributed by atoms with E-state index in [0.29, 0.717) is 5.70 Å². The molecule has 0 aliphatic carbocycles. The van der Waals surface area contributed by atoms with Crippen LogP contribution in [0.2, 0.25) is 0 Å². The standard InChI is InChI=1S/C22H16Br2N2O/c23-16-6-10-18(11-7-16)25-20-14-21(15-4-2-1-3-5-15)26(22(20)27)19-12-8-17(24)9-13-19/h1-14,21,25H/t21-/m1/s1. The molecule has 27 heavy (non-hydrogen) atoms. The average molecular weight is 484 g/mol. The molecule has 0 spiro atoms. The highest BCUT2D eigenvalue weighted by molar-refractivity contribution is 9.10. The summed E-state index contributed by atoms with van der Waals surface area (Å²) in [5, 5.41) is 3.27. The minimum Gasteiger partial charge on any atom is -0.351 e. The third kappa shape index (κ3) is 3.84. The lowest BCUT2D eigenvalue weighted by molar-refractivity contribution is -0.114. The lowest BCUT2D eigenvalue weighted by Crippen LogP contribution is -2.30. The summed E-state index contributed by atoms with van der Waals surface area (Å²) in [5.74, 6) is -0.0471. The van der Waals surface area contributed by atoms with Gasteiger partial charge in [0.2, 0.25) is 0 Å². The summed E-state index contributed by atoms with van der Waals surface area (Å²) in [7, 11) is 0. The molecule has 1 aliphatic heterocycles. The van der Waals surface area contributed by atoms with E-state index in [2.05, 4.69) is 37.2 Å². The Balaban J connectivity index is 1.71. The van der Waals surface area contributed by atoms with Crippen molar-refractivity contribution in [2.24, 2.45) is 0 Å². The summed E-state index contributed by atoms with van der Waals surface area (Å²) < 4.78 is 1.98. The Bertz CT molecular complexity index is 983. The van der Waals surface area contributed by atoms with E-state index in [-0.39, 0.29) is 11.9 Å². The van der Waals surface area contributed by atoms with Crippen molar-refractivity contribution in [2.75, 3.05) is 10.2 Å². The lowest BCUT2D eigenvalue weighted by atomic mass is 10.1. The molecule has 0 aromatic heterocycles. The quantitative estimate of drug-likeness (QED) is 0.472. The van der Waals surface area contributed by atoms with Gasteiger partial charge in [-0.3, -0.25) is 9.69 Å². The van der Waals surface area contributed by atoms with Gasteiger partial charge in [-0.05, 0) is 60.2 Å². The smallest absolute Gasteiger partial charge is 0.275 e. The number of nitrogens with one attached hydrogen (secondary N) is 1. The van der Waals surface area contributed by atoms with Gasteiger partial charge >= 0.3 is 0 Å². The van der Waals surface area contributed by atoms with Crippen molar-refractivity contribution in [3.63, 3.8) is 0 Å². The number of hydrogen-bond acceptors (Lipinski definition) is 2. The van der Waals surface area contributed by atoms with Crippen LogP contribution in [0.4, 0.5) is 11.4 Å². The Morgan fingerprint density at radius 1 is 0.778 bits per heavy atom. The van der Waals surface area contributed by atoms with Crippen molar-refractivity contribution in [2.45, 2.75) is 6.04 Å². The van der Waals surface area contributed by atoms with Crippen LogP contribution in [0.15, 0.2) is 99.6 Å². The summed E-state index contributed by atoms with van der Waals surface area (Å²) in [6, 6.07) is 25.5. The molecule has 3 aromatic carbocycles. The van der Waals surface area contributed by atoms with E-state index in [4.69, 9.17) is 0 Å². The van der Waals surface area contributed by atoms with Crippen LogP contribution in [0, 0.1) is 0 Å². The van der Waals surface area contributed by atoms with E-state index in [1.807, 2.05) is 89.8 Å². The molecule has 0 fully saturated rings. The summed E-state index contributed by atoms with van der Waals surface area (Å²) in [4.78, 5) is 15.0. The molecule has 1 aliphatic rings. The zero-order valence-electron chi connectivity index (χ0n) is 14.3. The van der Waals surface area contributed by atoms with Crippen molar-refractivity contribution in [1.29, 1.82) is 0 Å². The lowest BCUT2D eigenvalue weighted by Gasteiger charge is -2.25. The maximum absolute atomic E-state index is 13.2. The first kappa shape index (κ1) is 18.0. The highest BCUT2D eigenvalue weighted by atomic mass is 79.9. The molecule has 1 N–H and O–H groups in total. The highest BCUT2D eigenvalue weighted by Crippen LogP contribution is 2.36. The molecular formula is C22H16Br2N2O. The molecule has 5 heteroatoms. The fraction of sp³-hybridized carbons (Fsp3) is 0.0455. The number of halogens is 2. The highest BCUT2D eigenvalue weighted by Gasteiger charge is 2.34. The SMILES string of the molecule is O=C1C(Nc2ccc(Br)cc2)=C[C@H](c2ccccc2)N1c1ccc(Br)cc1. The topological polar surface area (TPSA) is 32.3 Å². The first-order chi connectivity index (χ1) is 13.1. The maximum atomic E-state index is 13.2. The van der Waals surface area contributed by atoms with Crippen LogP contribution in [0.5, 0.6) is 0 Å². The number of hydrogen-bond donors (Lipinski definition) is 1. The Morgan fingerprint density at radius 2 is 1.37 bits per heavy atom. The van der Waals surface area contributed by atoms with Crippen LogP contribution in [0.1, 0.15) is 11.6 Å². The van der Waals surface area contributed by atoms with Crippen LogP contribution in [-0.4, -0.2) is 5.91 Å². The molecular weight excluding hydrogens is 468 g/mol. The van der Waals surface area contributed by atoms with Gasteiger partial charge in [0.15, 0.2) is 0 Å². The number of anilines is 2. The number of nitrogens with zero attached hydrogens (tertiary/aromatic N) is 1. The van der Waals surface area contributed by atoms with E-state index in [9.17, 15) is 4.79 Å². The number of rotatable bonds is 4. The third-order valence-corrected chi connectivity index (χ3v) is 5.48. The predicted molar refractivity (Wildman–Crippen MR) is 117 cm³/mol. The molecule has 134 valence electrons. The van der Waals surface area contributed by atoms with Crippen LogP contribution in [0.25, 0.3) is 0 Å². The number of carbonyl (C=O) groups is 1. The first-order valence-electron chi connectivity index (χ1n) is 8.50. The fourth-order valence-electron chi connectivity index (χ4n) is 3.12. The van der Waals surface area contributed by atoms with Crippen LogP contribution >= 0.6 is 31.9 Å². The van der Waals surface area contributed by atoms with E-state index in [1.165, 1.54) is 0 Å². The van der Waals surface area contributed by atoms with Gasteiger partial charge in [0.05, 0.1) is 6.04 Å². The molecule has 1 atom stereocenters. The molecule has 0 unspecified atom stereocenters. The summed E-state index contributed by atoms with van der Waals surface area (Å²) in [6.45, 7) is 0. The summed E-state index contributed by atoms with van der Waals surface area (Å²) in [5.41, 5.74) is 3.39. The molecule has 3 aromatic rings. The van der Waals surface area contributed by atoms with Crippen LogP contribution < -0.4 is 10.2 Å². The van der Waals surface area contributed by atoms with Gasteiger partial charge in [-0.25, -0.2) is 0 Å². The Kier molecular flexibility index (Phi) is 5.14. The minimum absolute atomic E-state index is 0.0471. The fourth-order valence-corrected chi connectivity index (χ4v) is 3.65. The molecule has 0 bridgehead atoms. The maximum Gasteiger partial charge on any atom is 0.275 e. The van der Waals surface area contributed by atoms with Crippen LogP contribution in [0.3, 0.4) is 0 Å². The predicted octanol–water partition coefficient (Wildman–Crippen LogP) is 6.30. The minimum atomic E-state index is -0.155. The molecule has 1 amide bonds. The Labute approximate surface area is 175 Å².